The third kappa shape index (κ3) is 5.65. The van der Waals surface area contributed by atoms with Crippen LogP contribution in [0, 0.1) is 5.82 Å². The van der Waals surface area contributed by atoms with Crippen molar-refractivity contribution in [3.63, 3.8) is 0 Å². The average molecular weight is 402 g/mol. The zero-order valence-electron chi connectivity index (χ0n) is 16.9. The zero-order valence-corrected chi connectivity index (χ0v) is 16.9. The van der Waals surface area contributed by atoms with Crippen LogP contribution in [0.3, 0.4) is 0 Å². The van der Waals surface area contributed by atoms with E-state index in [9.17, 15) is 9.18 Å². The van der Waals surface area contributed by atoms with Crippen LogP contribution >= 0.6 is 0 Å². The molecular weight excluding hydrogens is 375 g/mol. The molecule has 1 aromatic heterocycles. The molecule has 1 aliphatic heterocycles. The largest absolute Gasteiger partial charge is 0.496 e. The number of methoxy groups -OCH3 is 2. The van der Waals surface area contributed by atoms with Crippen LogP contribution in [0.4, 0.5) is 10.2 Å². The monoisotopic (exact) mass is 402 g/mol. The van der Waals surface area contributed by atoms with E-state index in [1.807, 2.05) is 6.07 Å². The fraction of sp³-hybridized carbons (Fsp3) is 0.429. The van der Waals surface area contributed by atoms with E-state index in [-0.39, 0.29) is 11.7 Å². The highest BCUT2D eigenvalue weighted by Crippen LogP contribution is 2.22. The van der Waals surface area contributed by atoms with Gasteiger partial charge in [-0.2, -0.15) is 0 Å². The van der Waals surface area contributed by atoms with Gasteiger partial charge in [-0.15, -0.1) is 0 Å². The molecular formula is C21H27FN4O3. The number of carbonyl (C=O) groups excluding carboxylic acids is 1. The first-order valence-corrected chi connectivity index (χ1v) is 9.63. The van der Waals surface area contributed by atoms with E-state index in [0.29, 0.717) is 31.0 Å². The number of anilines is 1. The van der Waals surface area contributed by atoms with Crippen LogP contribution in [0.15, 0.2) is 36.5 Å². The van der Waals surface area contributed by atoms with Crippen molar-refractivity contribution in [2.24, 2.45) is 0 Å². The lowest BCUT2D eigenvalue weighted by atomic mass is 10.1. The molecule has 0 spiro atoms. The number of nitrogens with zero attached hydrogens (tertiary/aromatic N) is 3. The van der Waals surface area contributed by atoms with Crippen molar-refractivity contribution in [3.8, 4) is 5.75 Å². The van der Waals surface area contributed by atoms with Gasteiger partial charge >= 0.3 is 0 Å². The van der Waals surface area contributed by atoms with Gasteiger partial charge in [-0.3, -0.25) is 9.69 Å². The minimum atomic E-state index is -0.255. The number of piperazine rings is 1. The first-order chi connectivity index (χ1) is 14.1. The Labute approximate surface area is 170 Å². The molecule has 0 aliphatic carbocycles. The number of hydrogen-bond donors (Lipinski definition) is 1. The van der Waals surface area contributed by atoms with Crippen molar-refractivity contribution < 1.29 is 18.7 Å². The van der Waals surface area contributed by atoms with E-state index in [2.05, 4.69) is 20.1 Å². The quantitative estimate of drug-likeness (QED) is 0.681. The Hall–Kier alpha value is -2.71. The number of ether oxygens (including phenoxy) is 2. The molecule has 1 amide bonds. The summed E-state index contributed by atoms with van der Waals surface area (Å²) in [7, 11) is 3.19. The van der Waals surface area contributed by atoms with Crippen LogP contribution < -0.4 is 15.0 Å². The van der Waals surface area contributed by atoms with Crippen LogP contribution in [-0.2, 0) is 11.3 Å². The summed E-state index contributed by atoms with van der Waals surface area (Å²) in [6.07, 6.45) is 1.60. The van der Waals surface area contributed by atoms with Gasteiger partial charge in [0.05, 0.1) is 19.3 Å². The highest BCUT2D eigenvalue weighted by molar-refractivity contribution is 5.94. The van der Waals surface area contributed by atoms with Gasteiger partial charge in [-0.25, -0.2) is 9.37 Å². The maximum absolute atomic E-state index is 13.6. The Bertz CT molecular complexity index is 808. The fourth-order valence-corrected chi connectivity index (χ4v) is 3.32. The summed E-state index contributed by atoms with van der Waals surface area (Å²) in [6.45, 7) is 4.87. The summed E-state index contributed by atoms with van der Waals surface area (Å²) < 4.78 is 23.8. The molecule has 3 rings (SSSR count). The van der Waals surface area contributed by atoms with Crippen molar-refractivity contribution in [1.29, 1.82) is 0 Å². The third-order valence-electron chi connectivity index (χ3n) is 4.93. The summed E-state index contributed by atoms with van der Waals surface area (Å²) in [5.41, 5.74) is 1.38. The Morgan fingerprint density at radius 2 is 1.97 bits per heavy atom. The molecule has 1 N–H and O–H groups in total. The molecule has 2 heterocycles. The number of carbonyl (C=O) groups is 1. The van der Waals surface area contributed by atoms with E-state index in [4.69, 9.17) is 9.47 Å². The molecule has 1 saturated heterocycles. The van der Waals surface area contributed by atoms with Crippen molar-refractivity contribution >= 4 is 11.7 Å². The fourth-order valence-electron chi connectivity index (χ4n) is 3.32. The maximum atomic E-state index is 13.6. The topological polar surface area (TPSA) is 66.9 Å². The standard InChI is InChI=1S/C21H27FN4O3/c1-28-12-7-23-21(27)16-3-6-20(24-14-16)26-10-8-25(9-11-26)15-17-13-18(22)4-5-19(17)29-2/h3-6,13-14H,7-12,15H2,1-2H3,(H,23,27). The van der Waals surface area contributed by atoms with E-state index >= 15 is 0 Å². The highest BCUT2D eigenvalue weighted by Gasteiger charge is 2.20. The smallest absolute Gasteiger partial charge is 0.252 e. The molecule has 1 aromatic carbocycles. The molecule has 0 unspecified atom stereocenters. The number of benzene rings is 1. The van der Waals surface area contributed by atoms with Crippen molar-refractivity contribution in [2.45, 2.75) is 6.54 Å². The minimum Gasteiger partial charge on any atom is -0.496 e. The molecule has 0 bridgehead atoms. The van der Waals surface area contributed by atoms with Gasteiger partial charge < -0.3 is 19.7 Å². The first kappa shape index (κ1) is 21.0. The number of nitrogens with one attached hydrogen (secondary N) is 1. The van der Waals surface area contributed by atoms with Crippen molar-refractivity contribution in [1.82, 2.24) is 15.2 Å². The van der Waals surface area contributed by atoms with Crippen LogP contribution in [-0.4, -0.2) is 69.3 Å². The SMILES string of the molecule is COCCNC(=O)c1ccc(N2CCN(Cc3cc(F)ccc3OC)CC2)nc1. The Morgan fingerprint density at radius 1 is 1.17 bits per heavy atom. The Kier molecular flexibility index (Phi) is 7.37. The normalized spacial score (nSPS) is 14.7. The van der Waals surface area contributed by atoms with E-state index in [1.165, 1.54) is 12.1 Å². The zero-order chi connectivity index (χ0) is 20.6. The first-order valence-electron chi connectivity index (χ1n) is 9.63. The van der Waals surface area contributed by atoms with E-state index in [0.717, 1.165) is 37.6 Å². The molecule has 1 aliphatic rings. The lowest BCUT2D eigenvalue weighted by molar-refractivity contribution is 0.0936. The summed E-state index contributed by atoms with van der Waals surface area (Å²) in [5, 5.41) is 2.78. The summed E-state index contributed by atoms with van der Waals surface area (Å²) in [5.74, 6) is 1.14. The lowest BCUT2D eigenvalue weighted by Gasteiger charge is -2.35. The Morgan fingerprint density at radius 3 is 2.62 bits per heavy atom. The number of amides is 1. The minimum absolute atomic E-state index is 0.157. The van der Waals surface area contributed by atoms with Crippen LogP contribution in [0.1, 0.15) is 15.9 Å². The molecule has 1 fully saturated rings. The van der Waals surface area contributed by atoms with Gasteiger partial charge in [-0.05, 0) is 30.3 Å². The number of aromatic nitrogens is 1. The second-order valence-corrected chi connectivity index (χ2v) is 6.87. The second kappa shape index (κ2) is 10.2. The highest BCUT2D eigenvalue weighted by atomic mass is 19.1. The molecule has 0 saturated carbocycles. The average Bonchev–Trinajstić information content (AvgIpc) is 2.75. The summed E-state index contributed by atoms with van der Waals surface area (Å²) in [6, 6.07) is 8.26. The van der Waals surface area contributed by atoms with E-state index in [1.54, 1.807) is 32.5 Å². The van der Waals surface area contributed by atoms with E-state index < -0.39 is 0 Å². The lowest BCUT2D eigenvalue weighted by Crippen LogP contribution is -2.46. The summed E-state index contributed by atoms with van der Waals surface area (Å²) in [4.78, 5) is 20.9. The Balaban J connectivity index is 1.53. The number of halogens is 1. The van der Waals surface area contributed by atoms with Gasteiger partial charge in [0.2, 0.25) is 0 Å². The number of hydrogen-bond acceptors (Lipinski definition) is 6. The molecule has 8 heteroatoms. The van der Waals surface area contributed by atoms with Gasteiger partial charge in [0.1, 0.15) is 17.4 Å². The predicted octanol–water partition coefficient (Wildman–Crippen LogP) is 1.93. The molecule has 29 heavy (non-hydrogen) atoms. The van der Waals surface area contributed by atoms with Gasteiger partial charge in [0.15, 0.2) is 0 Å². The summed E-state index contributed by atoms with van der Waals surface area (Å²) >= 11 is 0. The number of rotatable bonds is 8. The third-order valence-corrected chi connectivity index (χ3v) is 4.93. The second-order valence-electron chi connectivity index (χ2n) is 6.87. The number of pyridine rings is 1. The van der Waals surface area contributed by atoms with Gasteiger partial charge in [0.25, 0.3) is 5.91 Å². The molecule has 0 atom stereocenters. The van der Waals surface area contributed by atoms with Crippen molar-refractivity contribution in [3.05, 3.63) is 53.5 Å². The predicted molar refractivity (Wildman–Crippen MR) is 109 cm³/mol. The van der Waals surface area contributed by atoms with Crippen LogP contribution in [0.2, 0.25) is 0 Å². The van der Waals surface area contributed by atoms with Gasteiger partial charge in [0, 0.05) is 58.1 Å². The van der Waals surface area contributed by atoms with Gasteiger partial charge in [-0.1, -0.05) is 0 Å². The van der Waals surface area contributed by atoms with Crippen LogP contribution in [0.5, 0.6) is 5.75 Å². The molecule has 156 valence electrons. The maximum Gasteiger partial charge on any atom is 0.252 e. The van der Waals surface area contributed by atoms with Crippen LogP contribution in [0.25, 0.3) is 0 Å². The molecule has 0 radical (unpaired) electrons. The molecule has 7 nitrogen and oxygen atoms in total. The molecule has 2 aromatic rings. The van der Waals surface area contributed by atoms with Crippen molar-refractivity contribution in [2.75, 3.05) is 58.5 Å².